The van der Waals surface area contributed by atoms with Gasteiger partial charge in [-0.3, -0.25) is 0 Å². The largest absolute Gasteiger partial charge is 0.497 e. The lowest BCUT2D eigenvalue weighted by Gasteiger charge is -2.18. The van der Waals surface area contributed by atoms with E-state index in [9.17, 15) is 0 Å². The Morgan fingerprint density at radius 2 is 1.87 bits per heavy atom. The second-order valence-corrected chi connectivity index (χ2v) is 7.24. The van der Waals surface area contributed by atoms with E-state index in [1.165, 1.54) is 5.56 Å². The molecule has 1 heterocycles. The van der Waals surface area contributed by atoms with Gasteiger partial charge in [0.1, 0.15) is 17.6 Å². The summed E-state index contributed by atoms with van der Waals surface area (Å²) in [4.78, 5) is 8.78. The van der Waals surface area contributed by atoms with Crippen LogP contribution in [0.5, 0.6) is 11.5 Å². The van der Waals surface area contributed by atoms with Crippen molar-refractivity contribution in [2.45, 2.75) is 33.0 Å². The summed E-state index contributed by atoms with van der Waals surface area (Å²) in [5.74, 6) is 2.33. The van der Waals surface area contributed by atoms with Crippen LogP contribution in [0.3, 0.4) is 0 Å². The minimum Gasteiger partial charge on any atom is -0.497 e. The average Bonchev–Trinajstić information content (AvgIpc) is 3.30. The third kappa shape index (κ3) is 7.37. The predicted molar refractivity (Wildman–Crippen MR) is 124 cm³/mol. The molecule has 164 valence electrons. The number of methoxy groups -OCH3 is 1. The molecule has 3 rings (SSSR count). The first-order valence-corrected chi connectivity index (χ1v) is 10.5. The zero-order chi connectivity index (χ0) is 21.9. The maximum absolute atomic E-state index is 5.97. The van der Waals surface area contributed by atoms with Crippen molar-refractivity contribution in [3.63, 3.8) is 0 Å². The van der Waals surface area contributed by atoms with E-state index in [4.69, 9.17) is 14.5 Å². The number of hydrogen-bond acceptors (Lipinski definition) is 4. The number of hydrogen-bond donors (Lipinski definition) is 2. The van der Waals surface area contributed by atoms with Crippen LogP contribution in [-0.2, 0) is 13.1 Å². The van der Waals surface area contributed by atoms with Crippen molar-refractivity contribution in [3.8, 4) is 11.5 Å². The van der Waals surface area contributed by atoms with E-state index in [0.29, 0.717) is 13.1 Å². The lowest BCUT2D eigenvalue weighted by atomic mass is 10.1. The van der Waals surface area contributed by atoms with E-state index in [1.54, 1.807) is 13.3 Å². The Hall–Kier alpha value is -3.48. The Bertz CT molecular complexity index is 939. The van der Waals surface area contributed by atoms with Crippen molar-refractivity contribution in [3.05, 3.63) is 78.4 Å². The first-order chi connectivity index (χ1) is 15.2. The Balaban J connectivity index is 1.50. The maximum atomic E-state index is 5.97. The van der Waals surface area contributed by atoms with E-state index in [-0.39, 0.29) is 6.10 Å². The Morgan fingerprint density at radius 1 is 1.10 bits per heavy atom. The average molecular weight is 422 g/mol. The van der Waals surface area contributed by atoms with Gasteiger partial charge in [0.05, 0.1) is 26.5 Å². The number of aliphatic imine (C=N–C) groups is 1. The quantitative estimate of drug-likeness (QED) is 0.387. The van der Waals surface area contributed by atoms with Crippen molar-refractivity contribution >= 4 is 5.96 Å². The van der Waals surface area contributed by atoms with Crippen LogP contribution in [-0.4, -0.2) is 41.8 Å². The van der Waals surface area contributed by atoms with Crippen molar-refractivity contribution in [1.82, 2.24) is 20.2 Å². The molecule has 31 heavy (non-hydrogen) atoms. The number of imidazole rings is 1. The molecule has 7 nitrogen and oxygen atoms in total. The first-order valence-electron chi connectivity index (χ1n) is 10.5. The summed E-state index contributed by atoms with van der Waals surface area (Å²) in [6, 6.07) is 16.1. The van der Waals surface area contributed by atoms with Gasteiger partial charge < -0.3 is 24.7 Å². The first kappa shape index (κ1) is 22.2. The number of nitrogens with zero attached hydrogens (tertiary/aromatic N) is 3. The summed E-state index contributed by atoms with van der Waals surface area (Å²) in [5.41, 5.74) is 2.39. The number of benzene rings is 2. The summed E-state index contributed by atoms with van der Waals surface area (Å²) in [5, 5.41) is 6.64. The van der Waals surface area contributed by atoms with Crippen LogP contribution in [0, 0.1) is 0 Å². The lowest BCUT2D eigenvalue weighted by Crippen LogP contribution is -2.41. The molecule has 0 saturated carbocycles. The normalized spacial score (nSPS) is 12.3. The highest BCUT2D eigenvalue weighted by molar-refractivity contribution is 5.79. The molecule has 0 saturated heterocycles. The van der Waals surface area contributed by atoms with Gasteiger partial charge in [-0.2, -0.15) is 0 Å². The fraction of sp³-hybridized carbons (Fsp3) is 0.333. The predicted octanol–water partition coefficient (Wildman–Crippen LogP) is 3.46. The molecule has 0 aliphatic rings. The molecule has 2 aromatic carbocycles. The number of rotatable bonds is 10. The molecule has 0 spiro atoms. The second-order valence-electron chi connectivity index (χ2n) is 7.24. The Morgan fingerprint density at radius 3 is 2.58 bits per heavy atom. The van der Waals surface area contributed by atoms with Crippen LogP contribution in [0.25, 0.3) is 0 Å². The van der Waals surface area contributed by atoms with Gasteiger partial charge in [0.2, 0.25) is 0 Å². The number of guanidine groups is 1. The molecule has 0 aliphatic heterocycles. The standard InChI is InChI=1S/C24H31N5O2/c1-4-26-24(27-15-19(2)31-23-7-5-6-22(14-23)30-3)28-16-20-8-10-21(11-9-20)17-29-13-12-25-18-29/h5-14,18-19H,4,15-17H2,1-3H3,(H2,26,27,28). The molecule has 0 fully saturated rings. The highest BCUT2D eigenvalue weighted by Crippen LogP contribution is 2.19. The molecule has 1 aromatic heterocycles. The van der Waals surface area contributed by atoms with Crippen LogP contribution in [0.4, 0.5) is 0 Å². The molecule has 2 N–H and O–H groups in total. The van der Waals surface area contributed by atoms with E-state index in [1.807, 2.05) is 43.7 Å². The van der Waals surface area contributed by atoms with E-state index in [2.05, 4.69) is 51.4 Å². The minimum absolute atomic E-state index is 0.0292. The summed E-state index contributed by atoms with van der Waals surface area (Å²) >= 11 is 0. The third-order valence-electron chi connectivity index (χ3n) is 4.65. The lowest BCUT2D eigenvalue weighted by molar-refractivity contribution is 0.223. The molecular formula is C24H31N5O2. The van der Waals surface area contributed by atoms with Gasteiger partial charge >= 0.3 is 0 Å². The highest BCUT2D eigenvalue weighted by Gasteiger charge is 2.07. The van der Waals surface area contributed by atoms with Crippen LogP contribution < -0.4 is 20.1 Å². The van der Waals surface area contributed by atoms with Crippen LogP contribution in [0.15, 0.2) is 72.2 Å². The number of nitrogens with one attached hydrogen (secondary N) is 2. The van der Waals surface area contributed by atoms with Crippen molar-refractivity contribution < 1.29 is 9.47 Å². The summed E-state index contributed by atoms with van der Waals surface area (Å²) < 4.78 is 13.3. The molecule has 0 bridgehead atoms. The molecular weight excluding hydrogens is 390 g/mol. The van der Waals surface area contributed by atoms with Crippen LogP contribution in [0.1, 0.15) is 25.0 Å². The Labute approximate surface area is 184 Å². The topological polar surface area (TPSA) is 72.7 Å². The summed E-state index contributed by atoms with van der Waals surface area (Å²) in [7, 11) is 1.65. The smallest absolute Gasteiger partial charge is 0.191 e. The van der Waals surface area contributed by atoms with Crippen LogP contribution in [0.2, 0.25) is 0 Å². The van der Waals surface area contributed by atoms with Crippen molar-refractivity contribution in [2.75, 3.05) is 20.2 Å². The monoisotopic (exact) mass is 421 g/mol. The third-order valence-corrected chi connectivity index (χ3v) is 4.65. The molecule has 1 unspecified atom stereocenters. The molecule has 0 amide bonds. The summed E-state index contributed by atoms with van der Waals surface area (Å²) in [6.07, 6.45) is 5.55. The zero-order valence-electron chi connectivity index (χ0n) is 18.4. The number of ether oxygens (including phenoxy) is 2. The zero-order valence-corrected chi connectivity index (χ0v) is 18.4. The van der Waals surface area contributed by atoms with Gasteiger partial charge in [0, 0.05) is 31.5 Å². The van der Waals surface area contributed by atoms with Gasteiger partial charge in [0.25, 0.3) is 0 Å². The van der Waals surface area contributed by atoms with Crippen molar-refractivity contribution in [1.29, 1.82) is 0 Å². The number of aromatic nitrogens is 2. The molecule has 0 aliphatic carbocycles. The second kappa shape index (κ2) is 11.6. The van der Waals surface area contributed by atoms with Gasteiger partial charge in [0.15, 0.2) is 5.96 Å². The SMILES string of the molecule is CCNC(=NCc1ccc(Cn2ccnc2)cc1)NCC(C)Oc1cccc(OC)c1. The fourth-order valence-corrected chi connectivity index (χ4v) is 3.04. The minimum atomic E-state index is -0.0292. The fourth-order valence-electron chi connectivity index (χ4n) is 3.04. The van der Waals surface area contributed by atoms with Crippen LogP contribution >= 0.6 is 0 Å². The highest BCUT2D eigenvalue weighted by atomic mass is 16.5. The Kier molecular flexibility index (Phi) is 8.34. The molecule has 7 heteroatoms. The van der Waals surface area contributed by atoms with E-state index in [0.717, 1.165) is 36.1 Å². The van der Waals surface area contributed by atoms with E-state index < -0.39 is 0 Å². The van der Waals surface area contributed by atoms with E-state index >= 15 is 0 Å². The maximum Gasteiger partial charge on any atom is 0.191 e. The molecule has 1 atom stereocenters. The van der Waals surface area contributed by atoms with Gasteiger partial charge in [-0.1, -0.05) is 30.3 Å². The van der Waals surface area contributed by atoms with Crippen molar-refractivity contribution in [2.24, 2.45) is 4.99 Å². The summed E-state index contributed by atoms with van der Waals surface area (Å²) in [6.45, 7) is 6.92. The van der Waals surface area contributed by atoms with Gasteiger partial charge in [-0.15, -0.1) is 0 Å². The molecule has 3 aromatic rings. The van der Waals surface area contributed by atoms with Gasteiger partial charge in [-0.25, -0.2) is 9.98 Å². The molecule has 0 radical (unpaired) electrons. The van der Waals surface area contributed by atoms with Gasteiger partial charge in [-0.05, 0) is 37.1 Å².